The first-order chi connectivity index (χ1) is 11.7. The Morgan fingerprint density at radius 3 is 2.88 bits per heavy atom. The topological polar surface area (TPSA) is 65.4 Å². The third-order valence-electron chi connectivity index (χ3n) is 5.40. The van der Waals surface area contributed by atoms with Crippen LogP contribution in [0.2, 0.25) is 0 Å². The number of hydrogen-bond donors (Lipinski definition) is 1. The highest BCUT2D eigenvalue weighted by molar-refractivity contribution is 6.05. The Labute approximate surface area is 139 Å². The van der Waals surface area contributed by atoms with Crippen LogP contribution >= 0.6 is 0 Å². The quantitative estimate of drug-likeness (QED) is 0.786. The number of fused-ring (bicyclic) bond motifs is 3. The Morgan fingerprint density at radius 1 is 1.25 bits per heavy atom. The predicted molar refractivity (Wildman–Crippen MR) is 89.7 cm³/mol. The third-order valence-corrected chi connectivity index (χ3v) is 5.40. The minimum Gasteiger partial charge on any atom is -0.472 e. The second-order valence-electron chi connectivity index (χ2n) is 6.79. The molecule has 6 nitrogen and oxygen atoms in total. The predicted octanol–water partition coefficient (Wildman–Crippen LogP) is 2.35. The second kappa shape index (κ2) is 4.95. The number of benzene rings is 1. The summed E-state index contributed by atoms with van der Waals surface area (Å²) < 4.78 is 5.14. The number of piperazine rings is 1. The van der Waals surface area contributed by atoms with Crippen molar-refractivity contribution in [2.45, 2.75) is 18.5 Å². The molecule has 2 saturated heterocycles. The maximum atomic E-state index is 12.9. The van der Waals surface area contributed by atoms with Gasteiger partial charge >= 0.3 is 0 Å². The van der Waals surface area contributed by atoms with Gasteiger partial charge in [-0.3, -0.25) is 14.8 Å². The van der Waals surface area contributed by atoms with Crippen LogP contribution in [0.4, 0.5) is 0 Å². The maximum Gasteiger partial charge on any atom is 0.275 e. The molecular weight excluding hydrogens is 304 g/mol. The molecule has 0 unspecified atom stereocenters. The number of carbonyl (C=O) groups excluding carboxylic acids is 1. The smallest absolute Gasteiger partial charge is 0.275 e. The van der Waals surface area contributed by atoms with Gasteiger partial charge in [0.15, 0.2) is 5.69 Å². The van der Waals surface area contributed by atoms with E-state index in [1.54, 1.807) is 12.5 Å². The lowest BCUT2D eigenvalue weighted by atomic mass is 10.1. The fourth-order valence-corrected chi connectivity index (χ4v) is 4.04. The van der Waals surface area contributed by atoms with Crippen molar-refractivity contribution in [1.29, 1.82) is 0 Å². The Hall–Kier alpha value is -2.60. The molecule has 6 heteroatoms. The van der Waals surface area contributed by atoms with Crippen LogP contribution in [-0.4, -0.2) is 58.1 Å². The zero-order valence-corrected chi connectivity index (χ0v) is 13.4. The van der Waals surface area contributed by atoms with Gasteiger partial charge in [-0.15, -0.1) is 0 Å². The van der Waals surface area contributed by atoms with Crippen LogP contribution in [0.25, 0.3) is 22.0 Å². The van der Waals surface area contributed by atoms with E-state index in [0.29, 0.717) is 17.8 Å². The number of aromatic nitrogens is 2. The Morgan fingerprint density at radius 2 is 2.17 bits per heavy atom. The van der Waals surface area contributed by atoms with Crippen molar-refractivity contribution in [3.8, 4) is 11.1 Å². The van der Waals surface area contributed by atoms with Gasteiger partial charge in [0.2, 0.25) is 0 Å². The molecule has 0 aliphatic carbocycles. The van der Waals surface area contributed by atoms with E-state index in [1.165, 1.54) is 0 Å². The number of nitrogens with zero attached hydrogens (tertiary/aromatic N) is 3. The van der Waals surface area contributed by atoms with Crippen LogP contribution < -0.4 is 0 Å². The summed E-state index contributed by atoms with van der Waals surface area (Å²) in [4.78, 5) is 17.3. The molecule has 4 heterocycles. The fourth-order valence-electron chi connectivity index (χ4n) is 4.04. The average Bonchev–Trinajstić information content (AvgIpc) is 3.35. The lowest BCUT2D eigenvalue weighted by Gasteiger charge is -2.31. The molecule has 2 bridgehead atoms. The molecular formula is C18H18N4O2. The van der Waals surface area contributed by atoms with Gasteiger partial charge < -0.3 is 9.32 Å². The maximum absolute atomic E-state index is 12.9. The number of H-pyrrole nitrogens is 1. The zero-order valence-electron chi connectivity index (χ0n) is 13.4. The molecule has 2 aliphatic rings. The number of likely N-dealkylation sites (N-methyl/N-ethyl adjacent to an activating group) is 1. The molecule has 0 radical (unpaired) electrons. The monoisotopic (exact) mass is 322 g/mol. The van der Waals surface area contributed by atoms with Gasteiger partial charge in [0.05, 0.1) is 18.0 Å². The van der Waals surface area contributed by atoms with Crippen molar-refractivity contribution in [1.82, 2.24) is 20.0 Å². The van der Waals surface area contributed by atoms with Crippen molar-refractivity contribution >= 4 is 16.8 Å². The van der Waals surface area contributed by atoms with Crippen molar-refractivity contribution < 1.29 is 9.21 Å². The minimum atomic E-state index is 0.0397. The molecule has 24 heavy (non-hydrogen) atoms. The van der Waals surface area contributed by atoms with Gasteiger partial charge in [-0.2, -0.15) is 5.10 Å². The number of carbonyl (C=O) groups is 1. The zero-order chi connectivity index (χ0) is 16.3. The molecule has 5 rings (SSSR count). The Kier molecular flexibility index (Phi) is 2.84. The molecule has 0 spiro atoms. The summed E-state index contributed by atoms with van der Waals surface area (Å²) >= 11 is 0. The normalized spacial score (nSPS) is 23.5. The number of rotatable bonds is 2. The highest BCUT2D eigenvalue weighted by Crippen LogP contribution is 2.32. The summed E-state index contributed by atoms with van der Waals surface area (Å²) in [5.41, 5.74) is 3.46. The van der Waals surface area contributed by atoms with E-state index < -0.39 is 0 Å². The lowest BCUT2D eigenvalue weighted by Crippen LogP contribution is -2.47. The van der Waals surface area contributed by atoms with Crippen molar-refractivity contribution in [3.05, 3.63) is 42.5 Å². The van der Waals surface area contributed by atoms with Crippen molar-refractivity contribution in [3.63, 3.8) is 0 Å². The number of aromatic amines is 1. The molecule has 0 saturated carbocycles. The molecule has 2 aliphatic heterocycles. The van der Waals surface area contributed by atoms with Crippen LogP contribution in [-0.2, 0) is 0 Å². The van der Waals surface area contributed by atoms with Crippen LogP contribution in [0.3, 0.4) is 0 Å². The Balaban J connectivity index is 1.48. The summed E-state index contributed by atoms with van der Waals surface area (Å²) in [6.45, 7) is 1.77. The second-order valence-corrected chi connectivity index (χ2v) is 6.79. The van der Waals surface area contributed by atoms with E-state index >= 15 is 0 Å². The van der Waals surface area contributed by atoms with Crippen LogP contribution in [0.5, 0.6) is 0 Å². The average molecular weight is 322 g/mol. The van der Waals surface area contributed by atoms with Gasteiger partial charge in [-0.05, 0) is 37.2 Å². The highest BCUT2D eigenvalue weighted by Gasteiger charge is 2.44. The first kappa shape index (κ1) is 13.8. The van der Waals surface area contributed by atoms with Gasteiger partial charge in [-0.25, -0.2) is 0 Å². The number of likely N-dealkylation sites (tertiary alicyclic amines) is 2. The van der Waals surface area contributed by atoms with E-state index in [2.05, 4.69) is 22.1 Å². The third kappa shape index (κ3) is 1.93. The van der Waals surface area contributed by atoms with Gasteiger partial charge in [0.1, 0.15) is 0 Å². The van der Waals surface area contributed by atoms with Crippen LogP contribution in [0, 0.1) is 0 Å². The molecule has 2 atom stereocenters. The summed E-state index contributed by atoms with van der Waals surface area (Å²) in [6, 6.07) is 8.72. The molecule has 1 amide bonds. The lowest BCUT2D eigenvalue weighted by molar-refractivity contribution is 0.0646. The summed E-state index contributed by atoms with van der Waals surface area (Å²) in [5, 5.41) is 8.20. The summed E-state index contributed by atoms with van der Waals surface area (Å²) in [6.07, 6.45) is 4.44. The molecule has 3 aromatic rings. The van der Waals surface area contributed by atoms with Gasteiger partial charge in [-0.1, -0.05) is 6.07 Å². The SMILES string of the molecule is CN1C[C@@H]2C[C@H]1CN2C(=O)c1n[nH]c2cc(-c3ccoc3)ccc12. The fraction of sp³-hybridized carbons (Fsp3) is 0.333. The first-order valence-corrected chi connectivity index (χ1v) is 8.22. The number of furan rings is 1. The molecule has 2 fully saturated rings. The van der Waals surface area contributed by atoms with Gasteiger partial charge in [0.25, 0.3) is 5.91 Å². The van der Waals surface area contributed by atoms with E-state index in [1.807, 2.05) is 29.2 Å². The number of hydrogen-bond acceptors (Lipinski definition) is 4. The molecule has 1 aromatic carbocycles. The van der Waals surface area contributed by atoms with Gasteiger partial charge in [0, 0.05) is 36.1 Å². The molecule has 122 valence electrons. The summed E-state index contributed by atoms with van der Waals surface area (Å²) in [5.74, 6) is 0.0397. The highest BCUT2D eigenvalue weighted by atomic mass is 16.3. The number of nitrogens with one attached hydrogen (secondary N) is 1. The van der Waals surface area contributed by atoms with Crippen molar-refractivity contribution in [2.75, 3.05) is 20.1 Å². The molecule has 1 N–H and O–H groups in total. The number of amides is 1. The Bertz CT molecular complexity index is 912. The van der Waals surface area contributed by atoms with E-state index in [-0.39, 0.29) is 5.91 Å². The van der Waals surface area contributed by atoms with E-state index in [4.69, 9.17) is 4.42 Å². The largest absolute Gasteiger partial charge is 0.472 e. The first-order valence-electron chi connectivity index (χ1n) is 8.22. The van der Waals surface area contributed by atoms with Crippen LogP contribution in [0.1, 0.15) is 16.9 Å². The van der Waals surface area contributed by atoms with Crippen LogP contribution in [0.15, 0.2) is 41.2 Å². The molecule has 2 aromatic heterocycles. The van der Waals surface area contributed by atoms with Crippen molar-refractivity contribution in [2.24, 2.45) is 0 Å². The van der Waals surface area contributed by atoms with E-state index in [9.17, 15) is 4.79 Å². The summed E-state index contributed by atoms with van der Waals surface area (Å²) in [7, 11) is 2.13. The van der Waals surface area contributed by atoms with E-state index in [0.717, 1.165) is 41.5 Å². The standard InChI is InChI=1S/C18H18N4O2/c1-21-8-14-7-13(21)9-22(14)18(23)17-15-3-2-11(6-16(15)19-20-17)12-4-5-24-10-12/h2-6,10,13-14H,7-9H2,1H3,(H,19,20)/t13-,14-/m0/s1. The minimum absolute atomic E-state index is 0.0397.